The van der Waals surface area contributed by atoms with Crippen LogP contribution in [0.25, 0.3) is 0 Å². The molecule has 0 N–H and O–H groups in total. The van der Waals surface area contributed by atoms with Crippen LogP contribution in [0.4, 0.5) is 4.39 Å². The van der Waals surface area contributed by atoms with Crippen molar-refractivity contribution in [1.29, 1.82) is 0 Å². The fourth-order valence-corrected chi connectivity index (χ4v) is 3.36. The highest BCUT2D eigenvalue weighted by Gasteiger charge is 2.16. The Morgan fingerprint density at radius 2 is 1.21 bits per heavy atom. The standard InChI is InChI=1S/C22H29FN2O.2ClH/c23-12-19-26-22-8-6-21(7-9-22)11-14-25-17-15-24(16-18-25)13-10-20-4-2-1-3-5-20;;/h1-9H,10-19H2;2*1H. The fourth-order valence-electron chi connectivity index (χ4n) is 3.36. The summed E-state index contributed by atoms with van der Waals surface area (Å²) < 4.78 is 17.4. The molecular weight excluding hydrogens is 398 g/mol. The minimum Gasteiger partial charge on any atom is -0.491 e. The molecule has 0 radical (unpaired) electrons. The van der Waals surface area contributed by atoms with Gasteiger partial charge < -0.3 is 14.5 Å². The van der Waals surface area contributed by atoms with Crippen LogP contribution in [0.1, 0.15) is 11.1 Å². The van der Waals surface area contributed by atoms with Gasteiger partial charge in [-0.3, -0.25) is 0 Å². The topological polar surface area (TPSA) is 15.7 Å². The highest BCUT2D eigenvalue weighted by Crippen LogP contribution is 2.13. The van der Waals surface area contributed by atoms with Gasteiger partial charge in [-0.15, -0.1) is 24.8 Å². The Morgan fingerprint density at radius 3 is 1.71 bits per heavy atom. The monoisotopic (exact) mass is 428 g/mol. The lowest BCUT2D eigenvalue weighted by atomic mass is 10.1. The van der Waals surface area contributed by atoms with Crippen LogP contribution in [0.3, 0.4) is 0 Å². The maximum atomic E-state index is 12.1. The second-order valence-electron chi connectivity index (χ2n) is 6.85. The van der Waals surface area contributed by atoms with Crippen LogP contribution in [0.5, 0.6) is 5.75 Å². The number of halogens is 3. The Hall–Kier alpha value is -1.33. The third-order valence-corrected chi connectivity index (χ3v) is 5.01. The fraction of sp³-hybridized carbons (Fsp3) is 0.455. The van der Waals surface area contributed by atoms with E-state index < -0.39 is 6.67 Å². The number of piperazine rings is 1. The van der Waals surface area contributed by atoms with E-state index in [-0.39, 0.29) is 31.4 Å². The largest absolute Gasteiger partial charge is 0.491 e. The Kier molecular flexibility index (Phi) is 12.2. The Labute approximate surface area is 180 Å². The van der Waals surface area contributed by atoms with Crippen molar-refractivity contribution >= 4 is 24.8 Å². The van der Waals surface area contributed by atoms with E-state index in [2.05, 4.69) is 52.3 Å². The molecular formula is C22H31Cl2FN2O. The summed E-state index contributed by atoms with van der Waals surface area (Å²) in [4.78, 5) is 5.12. The average Bonchev–Trinajstić information content (AvgIpc) is 2.71. The second kappa shape index (κ2) is 13.8. The first-order chi connectivity index (χ1) is 12.8. The van der Waals surface area contributed by atoms with Crippen LogP contribution in [0.2, 0.25) is 0 Å². The molecule has 0 aromatic heterocycles. The molecule has 0 aliphatic carbocycles. The van der Waals surface area contributed by atoms with Crippen molar-refractivity contribution < 1.29 is 9.13 Å². The predicted octanol–water partition coefficient (Wildman–Crippen LogP) is 4.28. The molecule has 1 aliphatic heterocycles. The summed E-state index contributed by atoms with van der Waals surface area (Å²) in [5.41, 5.74) is 2.73. The Balaban J connectivity index is 0.00000196. The number of alkyl halides is 1. The summed E-state index contributed by atoms with van der Waals surface area (Å²) >= 11 is 0. The molecule has 1 aliphatic rings. The zero-order valence-corrected chi connectivity index (χ0v) is 17.9. The van der Waals surface area contributed by atoms with E-state index >= 15 is 0 Å². The minimum atomic E-state index is -0.445. The van der Waals surface area contributed by atoms with Gasteiger partial charge in [0.1, 0.15) is 19.0 Å². The molecule has 0 bridgehead atoms. The molecule has 1 heterocycles. The first-order valence-electron chi connectivity index (χ1n) is 9.60. The molecule has 0 atom stereocenters. The molecule has 2 aromatic carbocycles. The van der Waals surface area contributed by atoms with Gasteiger partial charge in [0.15, 0.2) is 0 Å². The van der Waals surface area contributed by atoms with Crippen molar-refractivity contribution in [3.05, 3.63) is 65.7 Å². The summed E-state index contributed by atoms with van der Waals surface area (Å²) in [6, 6.07) is 18.8. The molecule has 6 heteroatoms. The van der Waals surface area contributed by atoms with Crippen LogP contribution in [0, 0.1) is 0 Å². The molecule has 3 rings (SSSR count). The van der Waals surface area contributed by atoms with E-state index in [1.807, 2.05) is 12.1 Å². The summed E-state index contributed by atoms with van der Waals surface area (Å²) in [5.74, 6) is 0.749. The van der Waals surface area contributed by atoms with Crippen LogP contribution < -0.4 is 4.74 Å². The number of hydrogen-bond acceptors (Lipinski definition) is 3. The van der Waals surface area contributed by atoms with E-state index in [1.165, 1.54) is 11.1 Å². The molecule has 0 unspecified atom stereocenters. The molecule has 1 fully saturated rings. The molecule has 156 valence electrons. The van der Waals surface area contributed by atoms with Gasteiger partial charge >= 0.3 is 0 Å². The van der Waals surface area contributed by atoms with Crippen molar-refractivity contribution in [2.24, 2.45) is 0 Å². The normalized spacial score (nSPS) is 14.8. The molecule has 1 saturated heterocycles. The number of ether oxygens (including phenoxy) is 1. The predicted molar refractivity (Wildman–Crippen MR) is 119 cm³/mol. The second-order valence-corrected chi connectivity index (χ2v) is 6.85. The SMILES string of the molecule is Cl.Cl.FCCOc1ccc(CCN2CCN(CCc3ccccc3)CC2)cc1. The van der Waals surface area contributed by atoms with Crippen LogP contribution in [-0.2, 0) is 12.8 Å². The van der Waals surface area contributed by atoms with Gasteiger partial charge in [-0.25, -0.2) is 4.39 Å². The molecule has 0 amide bonds. The lowest BCUT2D eigenvalue weighted by Crippen LogP contribution is -2.47. The Morgan fingerprint density at radius 1 is 0.714 bits per heavy atom. The van der Waals surface area contributed by atoms with Gasteiger partial charge in [-0.2, -0.15) is 0 Å². The maximum Gasteiger partial charge on any atom is 0.123 e. The van der Waals surface area contributed by atoms with Crippen LogP contribution in [0.15, 0.2) is 54.6 Å². The summed E-state index contributed by atoms with van der Waals surface area (Å²) in [7, 11) is 0. The third kappa shape index (κ3) is 8.36. The maximum absolute atomic E-state index is 12.1. The summed E-state index contributed by atoms with van der Waals surface area (Å²) in [6.07, 6.45) is 2.19. The molecule has 0 saturated carbocycles. The van der Waals surface area contributed by atoms with Crippen LogP contribution >= 0.6 is 24.8 Å². The molecule has 2 aromatic rings. The first-order valence-corrected chi connectivity index (χ1v) is 9.60. The van der Waals surface area contributed by atoms with Gasteiger partial charge in [0.05, 0.1) is 0 Å². The lowest BCUT2D eigenvalue weighted by Gasteiger charge is -2.34. The van der Waals surface area contributed by atoms with E-state index in [9.17, 15) is 4.39 Å². The number of rotatable bonds is 9. The Bertz CT molecular complexity index is 635. The smallest absolute Gasteiger partial charge is 0.123 e. The van der Waals surface area contributed by atoms with Gasteiger partial charge in [0.2, 0.25) is 0 Å². The first kappa shape index (κ1) is 24.7. The highest BCUT2D eigenvalue weighted by molar-refractivity contribution is 5.85. The van der Waals surface area contributed by atoms with Crippen molar-refractivity contribution in [2.45, 2.75) is 12.8 Å². The van der Waals surface area contributed by atoms with Crippen molar-refractivity contribution in [3.8, 4) is 5.75 Å². The average molecular weight is 429 g/mol. The van der Waals surface area contributed by atoms with E-state index in [1.54, 1.807) is 0 Å². The van der Waals surface area contributed by atoms with E-state index in [0.717, 1.165) is 57.9 Å². The number of nitrogens with zero attached hydrogens (tertiary/aromatic N) is 2. The minimum absolute atomic E-state index is 0. The zero-order chi connectivity index (χ0) is 18.0. The van der Waals surface area contributed by atoms with E-state index in [4.69, 9.17) is 4.74 Å². The van der Waals surface area contributed by atoms with Gasteiger partial charge in [-0.1, -0.05) is 42.5 Å². The van der Waals surface area contributed by atoms with E-state index in [0.29, 0.717) is 0 Å². The quantitative estimate of drug-likeness (QED) is 0.592. The van der Waals surface area contributed by atoms with Crippen molar-refractivity contribution in [3.63, 3.8) is 0 Å². The van der Waals surface area contributed by atoms with Gasteiger partial charge in [0, 0.05) is 39.3 Å². The van der Waals surface area contributed by atoms with Gasteiger partial charge in [0.25, 0.3) is 0 Å². The van der Waals surface area contributed by atoms with Gasteiger partial charge in [-0.05, 0) is 36.1 Å². The lowest BCUT2D eigenvalue weighted by molar-refractivity contribution is 0.134. The molecule has 28 heavy (non-hydrogen) atoms. The summed E-state index contributed by atoms with van der Waals surface area (Å²) in [5, 5.41) is 0. The molecule has 0 spiro atoms. The molecule has 3 nitrogen and oxygen atoms in total. The summed E-state index contributed by atoms with van der Waals surface area (Å²) in [6.45, 7) is 6.53. The van der Waals surface area contributed by atoms with Crippen molar-refractivity contribution in [2.75, 3.05) is 52.6 Å². The van der Waals surface area contributed by atoms with Crippen molar-refractivity contribution in [1.82, 2.24) is 9.80 Å². The third-order valence-electron chi connectivity index (χ3n) is 5.01. The number of hydrogen-bond donors (Lipinski definition) is 0. The number of benzene rings is 2. The van der Waals surface area contributed by atoms with Crippen LogP contribution in [-0.4, -0.2) is 62.3 Å². The zero-order valence-electron chi connectivity index (χ0n) is 16.3. The highest BCUT2D eigenvalue weighted by atomic mass is 35.5.